The van der Waals surface area contributed by atoms with Gasteiger partial charge in [0, 0.05) is 73.6 Å². The van der Waals surface area contributed by atoms with Crippen molar-refractivity contribution >= 4 is 40.0 Å². The second-order valence-corrected chi connectivity index (χ2v) is 17.5. The summed E-state index contributed by atoms with van der Waals surface area (Å²) in [6.07, 6.45) is 6.65. The molecule has 0 saturated carbocycles. The second kappa shape index (κ2) is 16.1. The van der Waals surface area contributed by atoms with Crippen molar-refractivity contribution in [2.24, 2.45) is 7.05 Å². The predicted octanol–water partition coefficient (Wildman–Crippen LogP) is 4.22. The number of pyridine rings is 2. The molecule has 0 aliphatic carbocycles. The zero-order valence-corrected chi connectivity index (χ0v) is 35.4. The normalized spacial score (nSPS) is 16.7. The van der Waals surface area contributed by atoms with Crippen molar-refractivity contribution in [3.8, 4) is 16.9 Å². The number of carbonyl (C=O) groups excluding carboxylic acids is 3. The molecule has 2 aromatic carbocycles. The Labute approximate surface area is 361 Å². The number of nitrogens with one attached hydrogen (secondary N) is 2. The van der Waals surface area contributed by atoms with Gasteiger partial charge in [0.05, 0.1) is 30.4 Å². The van der Waals surface area contributed by atoms with Gasteiger partial charge in [-0.3, -0.25) is 38.9 Å². The summed E-state index contributed by atoms with van der Waals surface area (Å²) in [5.41, 5.74) is 4.51. The molecule has 1 fully saturated rings. The Hall–Kier alpha value is -6.85. The highest BCUT2D eigenvalue weighted by molar-refractivity contribution is 6.05. The third-order valence-electron chi connectivity index (χ3n) is 12.3. The fourth-order valence-electron chi connectivity index (χ4n) is 8.94. The molecule has 1 saturated heterocycles. The highest BCUT2D eigenvalue weighted by Gasteiger charge is 2.39. The molecule has 6 aromatic rings. The summed E-state index contributed by atoms with van der Waals surface area (Å²) in [5, 5.41) is 25.6. The number of aliphatic hydroxyl groups is 1. The predicted molar refractivity (Wildman–Crippen MR) is 232 cm³/mol. The number of carbonyl (C=O) groups is 3. The number of aliphatic hydroxyl groups excluding tert-OH is 1. The first-order chi connectivity index (χ1) is 30.2. The maximum absolute atomic E-state index is 15.5. The fourth-order valence-corrected chi connectivity index (χ4v) is 8.94. The Morgan fingerprint density at radius 3 is 2.59 bits per heavy atom. The molecule has 1 atom stereocenters. The van der Waals surface area contributed by atoms with Gasteiger partial charge in [-0.2, -0.15) is 14.9 Å². The average Bonchev–Trinajstić information content (AvgIpc) is 3.81. The first-order valence-electron chi connectivity index (χ1n) is 21.0. The lowest BCUT2D eigenvalue weighted by Crippen LogP contribution is -2.52. The zero-order valence-electron chi connectivity index (χ0n) is 35.4. The maximum atomic E-state index is 15.5. The van der Waals surface area contributed by atoms with E-state index in [1.807, 2.05) is 43.7 Å². The van der Waals surface area contributed by atoms with Crippen LogP contribution in [0.1, 0.15) is 78.3 Å². The van der Waals surface area contributed by atoms with Crippen LogP contribution in [0.25, 0.3) is 27.7 Å². The zero-order chi connectivity index (χ0) is 44.3. The highest BCUT2D eigenvalue weighted by atomic mass is 19.1. The third-order valence-corrected chi connectivity index (χ3v) is 12.3. The maximum Gasteiger partial charge on any atom is 0.283 e. The number of anilines is 2. The average molecular weight is 855 g/mol. The topological polar surface area (TPSA) is 190 Å². The molecule has 0 spiro atoms. The molecular weight excluding hydrogens is 808 g/mol. The van der Waals surface area contributed by atoms with E-state index in [0.29, 0.717) is 53.9 Å². The van der Waals surface area contributed by atoms with Crippen LogP contribution in [-0.4, -0.2) is 80.9 Å². The number of fused-ring (bicyclic) bond motifs is 3. The molecule has 3 aliphatic rings. The number of hydrogen-bond donors (Lipinski definition) is 3. The Kier molecular flexibility index (Phi) is 10.6. The van der Waals surface area contributed by atoms with Crippen LogP contribution in [0.3, 0.4) is 0 Å². The first kappa shape index (κ1) is 41.5. The van der Waals surface area contributed by atoms with E-state index in [4.69, 9.17) is 5.10 Å². The summed E-state index contributed by atoms with van der Waals surface area (Å²) in [6, 6.07) is 13.4. The molecular formula is C46H47FN10O6. The summed E-state index contributed by atoms with van der Waals surface area (Å²) in [4.78, 5) is 73.1. The van der Waals surface area contributed by atoms with E-state index in [1.54, 1.807) is 42.4 Å². The van der Waals surface area contributed by atoms with E-state index >= 15 is 4.39 Å². The van der Waals surface area contributed by atoms with Crippen molar-refractivity contribution in [2.75, 3.05) is 18.4 Å². The minimum Gasteiger partial charge on any atom is -0.392 e. The number of piperidine rings is 1. The lowest BCUT2D eigenvalue weighted by molar-refractivity contribution is -0.136. The number of halogens is 1. The highest BCUT2D eigenvalue weighted by Crippen LogP contribution is 2.32. The van der Waals surface area contributed by atoms with E-state index < -0.39 is 29.9 Å². The number of nitrogens with zero attached hydrogens (tertiary/aromatic N) is 8. The van der Waals surface area contributed by atoms with Crippen molar-refractivity contribution in [3.05, 3.63) is 127 Å². The molecule has 0 radical (unpaired) electrons. The summed E-state index contributed by atoms with van der Waals surface area (Å²) >= 11 is 0. The number of rotatable bonds is 10. The largest absolute Gasteiger partial charge is 0.392 e. The fraction of sp³-hybridized carbons (Fsp3) is 0.348. The lowest BCUT2D eigenvalue weighted by atomic mass is 9.86. The van der Waals surface area contributed by atoms with Gasteiger partial charge in [0.2, 0.25) is 11.8 Å². The second-order valence-electron chi connectivity index (χ2n) is 17.5. The van der Waals surface area contributed by atoms with Gasteiger partial charge in [0.1, 0.15) is 17.5 Å². The van der Waals surface area contributed by atoms with Gasteiger partial charge < -0.3 is 19.9 Å². The lowest BCUT2D eigenvalue weighted by Gasteiger charge is -2.29. The summed E-state index contributed by atoms with van der Waals surface area (Å²) < 4.78 is 19.8. The number of aromatic nitrogens is 6. The molecule has 17 heteroatoms. The Bertz CT molecular complexity index is 2990. The number of imide groups is 1. The van der Waals surface area contributed by atoms with Crippen LogP contribution >= 0.6 is 0 Å². The summed E-state index contributed by atoms with van der Waals surface area (Å²) in [6.45, 7) is 8.56. The monoisotopic (exact) mass is 854 g/mol. The molecule has 7 heterocycles. The van der Waals surface area contributed by atoms with E-state index in [0.717, 1.165) is 53.0 Å². The van der Waals surface area contributed by atoms with Crippen LogP contribution in [0, 0.1) is 5.82 Å². The summed E-state index contributed by atoms with van der Waals surface area (Å²) in [5.74, 6) is -1.05. The van der Waals surface area contributed by atoms with Crippen LogP contribution in [0.15, 0.2) is 76.7 Å². The Balaban J connectivity index is 0.897. The van der Waals surface area contributed by atoms with Crippen molar-refractivity contribution in [1.82, 2.24) is 44.2 Å². The van der Waals surface area contributed by atoms with Crippen molar-refractivity contribution in [3.63, 3.8) is 0 Å². The van der Waals surface area contributed by atoms with Gasteiger partial charge in [-0.25, -0.2) is 9.37 Å². The van der Waals surface area contributed by atoms with Crippen LogP contribution in [0.4, 0.5) is 15.9 Å². The molecule has 324 valence electrons. The van der Waals surface area contributed by atoms with Gasteiger partial charge in [-0.15, -0.1) is 0 Å². The minimum absolute atomic E-state index is 0.0371. The van der Waals surface area contributed by atoms with Gasteiger partial charge in [0.15, 0.2) is 11.6 Å². The van der Waals surface area contributed by atoms with E-state index in [1.165, 1.54) is 23.0 Å². The molecule has 1 unspecified atom stereocenters. The standard InChI is InChI=1S/C46H47FN10O6/c1-46(2,3)29-17-27-21-49-57(45(63)40(27)35(47)19-29)41-34(25-58)31(12-13-48-41)28-18-36(44(62)53(4)22-28)50-38-20-30-23-54(15-16-56(30)52-38)14-6-8-26-7-5-9-32-33(26)24-55(43(32)61)37-10-11-39(59)51-42(37)60/h5,7,9,12-13,17-22,37,58H,6,8,10-11,14-16,23-25H2,1-4H3,(H,50,52)(H,51,59,60). The summed E-state index contributed by atoms with van der Waals surface area (Å²) in [7, 11) is 1.62. The third kappa shape index (κ3) is 7.71. The molecule has 3 N–H and O–H groups in total. The number of benzene rings is 2. The van der Waals surface area contributed by atoms with Crippen molar-refractivity contribution < 1.29 is 23.9 Å². The Morgan fingerprint density at radius 2 is 1.81 bits per heavy atom. The van der Waals surface area contributed by atoms with Crippen LogP contribution in [0.5, 0.6) is 0 Å². The van der Waals surface area contributed by atoms with Gasteiger partial charge in [-0.05, 0) is 83.8 Å². The van der Waals surface area contributed by atoms with Crippen LogP contribution in [-0.2, 0) is 54.7 Å². The number of amides is 3. The molecule has 3 amide bonds. The quantitative estimate of drug-likeness (QED) is 0.167. The molecule has 3 aliphatic heterocycles. The van der Waals surface area contributed by atoms with E-state index in [9.17, 15) is 29.1 Å². The molecule has 16 nitrogen and oxygen atoms in total. The molecule has 9 rings (SSSR count). The SMILES string of the molecule is Cn1cc(-c2ccnc(-n3ncc4cc(C(C)(C)C)cc(F)c4c3=O)c2CO)cc(Nc2cc3n(n2)CCN(CCCc2cccc4c2CN(C2CCC(=O)NC2=O)C4=O)C3)c1=O. The van der Waals surface area contributed by atoms with Crippen molar-refractivity contribution in [2.45, 2.75) is 84.2 Å². The van der Waals surface area contributed by atoms with E-state index in [2.05, 4.69) is 25.6 Å². The van der Waals surface area contributed by atoms with Gasteiger partial charge >= 0.3 is 0 Å². The van der Waals surface area contributed by atoms with Crippen LogP contribution < -0.4 is 21.8 Å². The number of aryl methyl sites for hydroxylation is 2. The number of hydrogen-bond acceptors (Lipinski definition) is 11. The first-order valence-corrected chi connectivity index (χ1v) is 21.0. The van der Waals surface area contributed by atoms with Gasteiger partial charge in [0.25, 0.3) is 17.0 Å². The smallest absolute Gasteiger partial charge is 0.283 e. The minimum atomic E-state index is -0.716. The van der Waals surface area contributed by atoms with Crippen LogP contribution in [0.2, 0.25) is 0 Å². The molecule has 0 bridgehead atoms. The van der Waals surface area contributed by atoms with Gasteiger partial charge in [-0.1, -0.05) is 32.9 Å². The molecule has 63 heavy (non-hydrogen) atoms. The Morgan fingerprint density at radius 1 is 0.984 bits per heavy atom. The van der Waals surface area contributed by atoms with Crippen molar-refractivity contribution in [1.29, 1.82) is 0 Å². The molecule has 4 aromatic heterocycles. The van der Waals surface area contributed by atoms with E-state index in [-0.39, 0.29) is 51.7 Å².